The second-order valence-electron chi connectivity index (χ2n) is 8.56. The van der Waals surface area contributed by atoms with Gasteiger partial charge in [-0.3, -0.25) is 4.98 Å². The number of nitrogens with zero attached hydrogens (tertiary/aromatic N) is 3. The number of anilines is 1. The van der Waals surface area contributed by atoms with Crippen molar-refractivity contribution in [2.75, 3.05) is 4.90 Å². The topological polar surface area (TPSA) is 33.1 Å². The Bertz CT molecular complexity index is 1080. The van der Waals surface area contributed by atoms with Gasteiger partial charge >= 0.3 is 0 Å². The number of hydrogen-bond acceptors (Lipinski definition) is 2. The number of nitrogens with one attached hydrogen (secondary N) is 1. The number of aryl methyl sites for hydroxylation is 3. The molecule has 0 spiro atoms. The smallest absolute Gasteiger partial charge is 0.174 e. The Morgan fingerprint density at radius 2 is 1.77 bits per heavy atom. The molecule has 0 unspecified atom stereocenters. The zero-order valence-electron chi connectivity index (χ0n) is 18.6. The molecule has 1 N–H and O–H groups in total. The SMILES string of the molecule is Cc1ccc(N2C(=S)N[C@@H](c3ccccn3)[C@H]2c2cc(C)n(C(C)C)c2C)cc1C. The number of benzene rings is 1. The summed E-state index contributed by atoms with van der Waals surface area (Å²) < 4.78 is 2.41. The van der Waals surface area contributed by atoms with Crippen LogP contribution in [0.5, 0.6) is 0 Å². The van der Waals surface area contributed by atoms with Gasteiger partial charge in [0.25, 0.3) is 0 Å². The third-order valence-corrected chi connectivity index (χ3v) is 6.54. The molecule has 4 rings (SSSR count). The van der Waals surface area contributed by atoms with Gasteiger partial charge < -0.3 is 14.8 Å². The van der Waals surface area contributed by atoms with Crippen LogP contribution in [0.1, 0.15) is 65.7 Å². The molecule has 5 heteroatoms. The maximum Gasteiger partial charge on any atom is 0.174 e. The van der Waals surface area contributed by atoms with E-state index in [1.54, 1.807) is 0 Å². The molecule has 1 fully saturated rings. The first-order chi connectivity index (χ1) is 14.3. The minimum Gasteiger partial charge on any atom is -0.351 e. The first kappa shape index (κ1) is 20.6. The molecule has 1 saturated heterocycles. The summed E-state index contributed by atoms with van der Waals surface area (Å²) in [4.78, 5) is 6.94. The highest BCUT2D eigenvalue weighted by Gasteiger charge is 2.42. The van der Waals surface area contributed by atoms with E-state index in [2.05, 4.69) is 91.6 Å². The fraction of sp³-hybridized carbons (Fsp3) is 0.360. The highest BCUT2D eigenvalue weighted by atomic mass is 32.1. The summed E-state index contributed by atoms with van der Waals surface area (Å²) in [5.41, 5.74) is 8.53. The average Bonchev–Trinajstić information content (AvgIpc) is 3.20. The van der Waals surface area contributed by atoms with Crippen molar-refractivity contribution in [2.45, 2.75) is 59.7 Å². The van der Waals surface area contributed by atoms with E-state index in [9.17, 15) is 0 Å². The molecule has 2 aromatic heterocycles. The minimum absolute atomic E-state index is 0.0126. The molecular formula is C25H30N4S. The molecule has 3 aromatic rings. The molecule has 4 nitrogen and oxygen atoms in total. The summed E-state index contributed by atoms with van der Waals surface area (Å²) >= 11 is 5.87. The Kier molecular flexibility index (Phi) is 5.41. The van der Waals surface area contributed by atoms with Crippen LogP contribution in [0, 0.1) is 27.7 Å². The molecule has 0 amide bonds. The van der Waals surface area contributed by atoms with E-state index in [1.165, 1.54) is 28.1 Å². The zero-order chi connectivity index (χ0) is 21.6. The summed E-state index contributed by atoms with van der Waals surface area (Å²) in [6, 6.07) is 15.4. The van der Waals surface area contributed by atoms with E-state index < -0.39 is 0 Å². The van der Waals surface area contributed by atoms with E-state index in [1.807, 2.05) is 18.3 Å². The van der Waals surface area contributed by atoms with Crippen molar-refractivity contribution in [3.63, 3.8) is 0 Å². The van der Waals surface area contributed by atoms with Gasteiger partial charge in [-0.25, -0.2) is 0 Å². The van der Waals surface area contributed by atoms with Gasteiger partial charge in [0, 0.05) is 29.3 Å². The zero-order valence-corrected chi connectivity index (χ0v) is 19.4. The summed E-state index contributed by atoms with van der Waals surface area (Å²) in [5.74, 6) is 0. The first-order valence-corrected chi connectivity index (χ1v) is 11.0. The Balaban J connectivity index is 1.90. The van der Waals surface area contributed by atoms with Gasteiger partial charge in [0.1, 0.15) is 0 Å². The standard InChI is InChI=1S/C25H30N4S/c1-15(2)28-18(5)14-21(19(28)6)24-23(22-9-7-8-12-26-22)27-25(30)29(24)20-11-10-16(3)17(4)13-20/h7-15,23-24H,1-6H3,(H,27,30)/t23-,24+/m0/s1. The third kappa shape index (κ3) is 3.41. The van der Waals surface area contributed by atoms with E-state index in [-0.39, 0.29) is 12.1 Å². The van der Waals surface area contributed by atoms with Crippen LogP contribution in [0.4, 0.5) is 5.69 Å². The van der Waals surface area contributed by atoms with Crippen LogP contribution in [0.2, 0.25) is 0 Å². The Morgan fingerprint density at radius 1 is 1.00 bits per heavy atom. The van der Waals surface area contributed by atoms with Crippen LogP contribution in [-0.2, 0) is 0 Å². The maximum absolute atomic E-state index is 5.87. The summed E-state index contributed by atoms with van der Waals surface area (Å²) in [6.07, 6.45) is 1.85. The molecule has 1 aromatic carbocycles. The van der Waals surface area contributed by atoms with E-state index in [0.717, 1.165) is 16.5 Å². The molecule has 2 atom stereocenters. The molecule has 0 aliphatic carbocycles. The fourth-order valence-electron chi connectivity index (χ4n) is 4.72. The number of aromatic nitrogens is 2. The predicted molar refractivity (Wildman–Crippen MR) is 128 cm³/mol. The minimum atomic E-state index is -0.0126. The normalized spacial score (nSPS) is 18.9. The van der Waals surface area contributed by atoms with Crippen LogP contribution in [0.15, 0.2) is 48.7 Å². The molecule has 1 aliphatic rings. The van der Waals surface area contributed by atoms with Crippen molar-refractivity contribution in [1.29, 1.82) is 0 Å². The van der Waals surface area contributed by atoms with Crippen molar-refractivity contribution in [2.24, 2.45) is 0 Å². The second kappa shape index (κ2) is 7.88. The molecule has 0 radical (unpaired) electrons. The summed E-state index contributed by atoms with van der Waals surface area (Å²) in [7, 11) is 0. The van der Waals surface area contributed by atoms with Gasteiger partial charge in [-0.05, 0) is 101 Å². The molecule has 30 heavy (non-hydrogen) atoms. The van der Waals surface area contributed by atoms with Gasteiger partial charge in [-0.15, -0.1) is 0 Å². The van der Waals surface area contributed by atoms with E-state index in [0.29, 0.717) is 6.04 Å². The number of thiocarbonyl (C=S) groups is 1. The van der Waals surface area contributed by atoms with Crippen LogP contribution >= 0.6 is 12.2 Å². The van der Waals surface area contributed by atoms with Crippen molar-refractivity contribution in [3.8, 4) is 0 Å². The molecular weight excluding hydrogens is 388 g/mol. The Labute approximate surface area is 184 Å². The lowest BCUT2D eigenvalue weighted by Gasteiger charge is -2.29. The van der Waals surface area contributed by atoms with Crippen LogP contribution in [0.3, 0.4) is 0 Å². The van der Waals surface area contributed by atoms with Crippen LogP contribution in [-0.4, -0.2) is 14.7 Å². The lowest BCUT2D eigenvalue weighted by atomic mass is 9.96. The summed E-state index contributed by atoms with van der Waals surface area (Å²) in [5, 5.41) is 4.32. The lowest BCUT2D eigenvalue weighted by Crippen LogP contribution is -2.29. The molecule has 156 valence electrons. The highest BCUT2D eigenvalue weighted by Crippen LogP contribution is 2.43. The number of hydrogen-bond donors (Lipinski definition) is 1. The molecule has 1 aliphatic heterocycles. The number of rotatable bonds is 4. The second-order valence-corrected chi connectivity index (χ2v) is 8.94. The van der Waals surface area contributed by atoms with Crippen molar-refractivity contribution >= 4 is 23.0 Å². The van der Waals surface area contributed by atoms with Crippen LogP contribution < -0.4 is 10.2 Å². The Hall–Kier alpha value is -2.66. The van der Waals surface area contributed by atoms with Gasteiger partial charge in [0.2, 0.25) is 0 Å². The van der Waals surface area contributed by atoms with Gasteiger partial charge in [0.05, 0.1) is 17.8 Å². The quantitative estimate of drug-likeness (QED) is 0.537. The fourth-order valence-corrected chi connectivity index (χ4v) is 5.07. The maximum atomic E-state index is 5.87. The lowest BCUT2D eigenvalue weighted by molar-refractivity contribution is 0.547. The highest BCUT2D eigenvalue weighted by molar-refractivity contribution is 7.80. The average molecular weight is 419 g/mol. The van der Waals surface area contributed by atoms with E-state index >= 15 is 0 Å². The van der Waals surface area contributed by atoms with E-state index in [4.69, 9.17) is 12.2 Å². The Morgan fingerprint density at radius 3 is 2.37 bits per heavy atom. The molecule has 3 heterocycles. The van der Waals surface area contributed by atoms with Crippen molar-refractivity contribution in [3.05, 3.63) is 82.4 Å². The van der Waals surface area contributed by atoms with Crippen molar-refractivity contribution < 1.29 is 0 Å². The van der Waals surface area contributed by atoms with Gasteiger partial charge in [0.15, 0.2) is 5.11 Å². The van der Waals surface area contributed by atoms with Crippen molar-refractivity contribution in [1.82, 2.24) is 14.9 Å². The van der Waals surface area contributed by atoms with Gasteiger partial charge in [-0.2, -0.15) is 0 Å². The molecule has 0 bridgehead atoms. The largest absolute Gasteiger partial charge is 0.351 e. The number of pyridine rings is 1. The summed E-state index contributed by atoms with van der Waals surface area (Å²) in [6.45, 7) is 13.2. The van der Waals surface area contributed by atoms with Crippen LogP contribution in [0.25, 0.3) is 0 Å². The predicted octanol–water partition coefficient (Wildman–Crippen LogP) is 5.87. The van der Waals surface area contributed by atoms with Gasteiger partial charge in [-0.1, -0.05) is 12.1 Å². The first-order valence-electron chi connectivity index (χ1n) is 10.6. The molecule has 0 saturated carbocycles. The third-order valence-electron chi connectivity index (χ3n) is 6.23. The monoisotopic (exact) mass is 418 g/mol.